The lowest BCUT2D eigenvalue weighted by atomic mass is 10.1. The van der Waals surface area contributed by atoms with Gasteiger partial charge in [-0.15, -0.1) is 0 Å². The van der Waals surface area contributed by atoms with Crippen LogP contribution >= 0.6 is 0 Å². The summed E-state index contributed by atoms with van der Waals surface area (Å²) in [6.45, 7) is 6.06. The van der Waals surface area contributed by atoms with Gasteiger partial charge in [0.05, 0.1) is 0 Å². The molecular formula is C12H17N3O3. The predicted octanol–water partition coefficient (Wildman–Crippen LogP) is 2.21. The summed E-state index contributed by atoms with van der Waals surface area (Å²) in [5.41, 5.74) is -0.00786. The Morgan fingerprint density at radius 2 is 2.22 bits per heavy atom. The van der Waals surface area contributed by atoms with Gasteiger partial charge in [-0.25, -0.2) is 4.79 Å². The number of hydrogen-bond donors (Lipinski definition) is 1. The number of carbonyl (C=O) groups excluding carboxylic acids is 2. The number of nitrogens with one attached hydrogen (secondary N) is 1. The van der Waals surface area contributed by atoms with E-state index in [1.165, 1.54) is 0 Å². The molecule has 1 aromatic rings. The van der Waals surface area contributed by atoms with Crippen molar-refractivity contribution in [3.63, 3.8) is 0 Å². The van der Waals surface area contributed by atoms with Crippen LogP contribution in [0.4, 0.5) is 10.6 Å². The summed E-state index contributed by atoms with van der Waals surface area (Å²) >= 11 is 0. The molecule has 1 aromatic heterocycles. The minimum absolute atomic E-state index is 0.0611. The molecule has 0 bridgehead atoms. The van der Waals surface area contributed by atoms with E-state index in [1.807, 2.05) is 0 Å². The molecule has 18 heavy (non-hydrogen) atoms. The quantitative estimate of drug-likeness (QED) is 0.830. The fourth-order valence-electron chi connectivity index (χ4n) is 1.80. The monoisotopic (exact) mass is 251 g/mol. The third-order valence-corrected chi connectivity index (χ3v) is 2.47. The van der Waals surface area contributed by atoms with E-state index in [1.54, 1.807) is 31.5 Å². The van der Waals surface area contributed by atoms with Gasteiger partial charge in [-0.05, 0) is 27.2 Å². The minimum atomic E-state index is -0.564. The first-order valence-corrected chi connectivity index (χ1v) is 5.96. The normalized spacial score (nSPS) is 15.2. The van der Waals surface area contributed by atoms with E-state index < -0.39 is 11.7 Å². The molecule has 0 fully saturated rings. The Morgan fingerprint density at radius 1 is 1.50 bits per heavy atom. The number of fused-ring (bicyclic) bond motifs is 1. The Balaban J connectivity index is 2.07. The number of anilines is 1. The molecule has 1 N–H and O–H groups in total. The predicted molar refractivity (Wildman–Crippen MR) is 65.6 cm³/mol. The number of ether oxygens (including phenoxy) is 1. The van der Waals surface area contributed by atoms with Gasteiger partial charge in [0.2, 0.25) is 0 Å². The Morgan fingerprint density at radius 3 is 2.83 bits per heavy atom. The van der Waals surface area contributed by atoms with Crippen LogP contribution in [0.5, 0.6) is 0 Å². The molecule has 1 aliphatic heterocycles. The maximum Gasteiger partial charge on any atom is 0.413 e. The van der Waals surface area contributed by atoms with Crippen LogP contribution < -0.4 is 5.32 Å². The number of aryl methyl sites for hydroxylation is 1. The van der Waals surface area contributed by atoms with E-state index in [0.29, 0.717) is 24.5 Å². The van der Waals surface area contributed by atoms with Crippen LogP contribution in [0.15, 0.2) is 6.07 Å². The zero-order valence-electron chi connectivity index (χ0n) is 10.8. The molecule has 1 aliphatic rings. The molecule has 0 saturated heterocycles. The highest BCUT2D eigenvalue weighted by molar-refractivity contribution is 5.96. The van der Waals surface area contributed by atoms with Crippen LogP contribution in [0.25, 0.3) is 0 Å². The third-order valence-electron chi connectivity index (χ3n) is 2.47. The fourth-order valence-corrected chi connectivity index (χ4v) is 1.80. The summed E-state index contributed by atoms with van der Waals surface area (Å²) in [5.74, 6) is 0.417. The summed E-state index contributed by atoms with van der Waals surface area (Å²) in [7, 11) is 0. The number of nitrogens with zero attached hydrogens (tertiary/aromatic N) is 2. The minimum Gasteiger partial charge on any atom is -0.444 e. The van der Waals surface area contributed by atoms with Gasteiger partial charge in [0, 0.05) is 19.0 Å². The number of carbonyl (C=O) groups is 2. The third kappa shape index (κ3) is 2.88. The first-order valence-electron chi connectivity index (χ1n) is 5.96. The molecule has 0 unspecified atom stereocenters. The van der Waals surface area contributed by atoms with Gasteiger partial charge in [0.25, 0.3) is 0 Å². The molecule has 0 atom stereocenters. The van der Waals surface area contributed by atoms with Crippen molar-refractivity contribution in [2.24, 2.45) is 0 Å². The average Bonchev–Trinajstić information content (AvgIpc) is 2.58. The molecule has 1 amide bonds. The summed E-state index contributed by atoms with van der Waals surface area (Å²) in [6, 6.07) is 1.59. The lowest BCUT2D eigenvalue weighted by molar-refractivity contribution is 0.0635. The second kappa shape index (κ2) is 4.44. The van der Waals surface area contributed by atoms with Crippen LogP contribution in [0.3, 0.4) is 0 Å². The van der Waals surface area contributed by atoms with Gasteiger partial charge in [-0.3, -0.25) is 14.8 Å². The largest absolute Gasteiger partial charge is 0.444 e. The molecule has 6 heteroatoms. The van der Waals surface area contributed by atoms with Crippen LogP contribution in [-0.4, -0.2) is 27.3 Å². The van der Waals surface area contributed by atoms with E-state index in [9.17, 15) is 9.59 Å². The highest BCUT2D eigenvalue weighted by atomic mass is 16.6. The highest BCUT2D eigenvalue weighted by Crippen LogP contribution is 2.18. The number of amides is 1. The summed E-state index contributed by atoms with van der Waals surface area (Å²) < 4.78 is 6.74. The number of hydrogen-bond acceptors (Lipinski definition) is 4. The zero-order chi connectivity index (χ0) is 13.3. The number of aromatic nitrogens is 2. The molecule has 98 valence electrons. The van der Waals surface area contributed by atoms with Crippen molar-refractivity contribution >= 4 is 17.7 Å². The van der Waals surface area contributed by atoms with E-state index >= 15 is 0 Å². The van der Waals surface area contributed by atoms with Gasteiger partial charge in [0.1, 0.15) is 11.3 Å². The molecule has 2 rings (SSSR count). The Kier molecular flexibility index (Phi) is 3.11. The van der Waals surface area contributed by atoms with Crippen LogP contribution in [-0.2, 0) is 11.3 Å². The maximum absolute atomic E-state index is 11.6. The Bertz CT molecular complexity index is 485. The number of Topliss-reactive ketones (excluding diaryl/α,β-unsaturated/α-hetero) is 1. The van der Waals surface area contributed by atoms with E-state index in [-0.39, 0.29) is 5.78 Å². The summed E-state index contributed by atoms with van der Waals surface area (Å²) in [5, 5.41) is 6.69. The van der Waals surface area contributed by atoms with Crippen molar-refractivity contribution in [2.45, 2.75) is 45.8 Å². The van der Waals surface area contributed by atoms with Crippen LogP contribution in [0, 0.1) is 0 Å². The zero-order valence-corrected chi connectivity index (χ0v) is 10.8. The number of ketones is 1. The van der Waals surface area contributed by atoms with Gasteiger partial charge < -0.3 is 4.74 Å². The second-order valence-corrected chi connectivity index (χ2v) is 5.29. The highest BCUT2D eigenvalue weighted by Gasteiger charge is 2.22. The molecule has 2 heterocycles. The first-order chi connectivity index (χ1) is 8.35. The first kappa shape index (κ1) is 12.6. The van der Waals surface area contributed by atoms with Gasteiger partial charge in [-0.2, -0.15) is 5.10 Å². The Labute approximate surface area is 105 Å². The standard InChI is InChI=1S/C12H17N3O3/c1-12(2,3)18-11(17)13-10-7-8-9(16)5-4-6-15(8)14-10/h7H,4-6H2,1-3H3,(H,13,14,17). The van der Waals surface area contributed by atoms with Gasteiger partial charge in [0.15, 0.2) is 11.6 Å². The smallest absolute Gasteiger partial charge is 0.413 e. The van der Waals surface area contributed by atoms with Gasteiger partial charge >= 0.3 is 6.09 Å². The lowest BCUT2D eigenvalue weighted by Gasteiger charge is -2.19. The molecule has 0 aliphatic carbocycles. The maximum atomic E-state index is 11.6. The van der Waals surface area contributed by atoms with Gasteiger partial charge in [-0.1, -0.05) is 0 Å². The van der Waals surface area contributed by atoms with Crippen molar-refractivity contribution in [3.8, 4) is 0 Å². The molecule has 0 saturated carbocycles. The second-order valence-electron chi connectivity index (χ2n) is 5.29. The van der Waals surface area contributed by atoms with Crippen molar-refractivity contribution < 1.29 is 14.3 Å². The summed E-state index contributed by atoms with van der Waals surface area (Å²) in [4.78, 5) is 23.2. The fraction of sp³-hybridized carbons (Fsp3) is 0.583. The van der Waals surface area contributed by atoms with E-state index in [4.69, 9.17) is 4.74 Å². The summed E-state index contributed by atoms with van der Waals surface area (Å²) in [6.07, 6.45) is 0.766. The van der Waals surface area contributed by atoms with Crippen molar-refractivity contribution in [1.29, 1.82) is 0 Å². The van der Waals surface area contributed by atoms with Crippen LogP contribution in [0.2, 0.25) is 0 Å². The molecule has 0 aromatic carbocycles. The Hall–Kier alpha value is -1.85. The van der Waals surface area contributed by atoms with E-state index in [0.717, 1.165) is 6.42 Å². The molecule has 6 nitrogen and oxygen atoms in total. The van der Waals surface area contributed by atoms with Crippen molar-refractivity contribution in [1.82, 2.24) is 9.78 Å². The van der Waals surface area contributed by atoms with Crippen molar-refractivity contribution in [2.75, 3.05) is 5.32 Å². The molecular weight excluding hydrogens is 234 g/mol. The SMILES string of the molecule is CC(C)(C)OC(=O)Nc1cc2n(n1)CCCC2=O. The number of rotatable bonds is 1. The topological polar surface area (TPSA) is 73.2 Å². The van der Waals surface area contributed by atoms with Crippen LogP contribution in [0.1, 0.15) is 44.1 Å². The van der Waals surface area contributed by atoms with Crippen molar-refractivity contribution in [3.05, 3.63) is 11.8 Å². The molecule has 0 spiro atoms. The molecule has 0 radical (unpaired) electrons. The lowest BCUT2D eigenvalue weighted by Crippen LogP contribution is -2.27. The average molecular weight is 251 g/mol. The van der Waals surface area contributed by atoms with E-state index in [2.05, 4.69) is 10.4 Å².